The van der Waals surface area contributed by atoms with Crippen LogP contribution in [0.15, 0.2) is 60.9 Å². The van der Waals surface area contributed by atoms with Crippen LogP contribution < -0.4 is 5.32 Å². The molecule has 0 saturated heterocycles. The van der Waals surface area contributed by atoms with E-state index in [1.807, 2.05) is 12.1 Å². The van der Waals surface area contributed by atoms with E-state index in [-0.39, 0.29) is 17.7 Å². The number of nitrogens with zero attached hydrogens (tertiary/aromatic N) is 3. The molecule has 0 spiro atoms. The van der Waals surface area contributed by atoms with Crippen molar-refractivity contribution in [2.75, 3.05) is 0 Å². The van der Waals surface area contributed by atoms with Crippen LogP contribution >= 0.6 is 0 Å². The van der Waals surface area contributed by atoms with Crippen molar-refractivity contribution in [1.29, 1.82) is 0 Å². The molecule has 1 saturated carbocycles. The second-order valence-electron chi connectivity index (χ2n) is 9.10. The summed E-state index contributed by atoms with van der Waals surface area (Å²) < 4.78 is 81.7. The van der Waals surface area contributed by atoms with Gasteiger partial charge < -0.3 is 5.32 Å². The quantitative estimate of drug-likeness (QED) is 0.413. The van der Waals surface area contributed by atoms with Gasteiger partial charge in [0.25, 0.3) is 0 Å². The maximum atomic E-state index is 13.7. The van der Waals surface area contributed by atoms with Crippen molar-refractivity contribution in [3.63, 3.8) is 0 Å². The molecule has 192 valence electrons. The van der Waals surface area contributed by atoms with Crippen LogP contribution in [0, 0.1) is 0 Å². The highest BCUT2D eigenvalue weighted by molar-refractivity contribution is 5.88. The van der Waals surface area contributed by atoms with Crippen molar-refractivity contribution in [2.24, 2.45) is 0 Å². The highest BCUT2D eigenvalue weighted by Crippen LogP contribution is 2.44. The highest BCUT2D eigenvalue weighted by Gasteiger charge is 2.44. The molecule has 1 amide bonds. The van der Waals surface area contributed by atoms with Gasteiger partial charge in [-0.2, -0.15) is 26.3 Å². The van der Waals surface area contributed by atoms with Gasteiger partial charge in [0.15, 0.2) is 0 Å². The van der Waals surface area contributed by atoms with Crippen LogP contribution in [0.3, 0.4) is 0 Å². The van der Waals surface area contributed by atoms with E-state index in [0.717, 1.165) is 5.56 Å². The summed E-state index contributed by atoms with van der Waals surface area (Å²) in [6.45, 7) is 1.38. The van der Waals surface area contributed by atoms with E-state index in [4.69, 9.17) is 0 Å². The number of aromatic nitrogens is 3. The van der Waals surface area contributed by atoms with Crippen molar-refractivity contribution in [3.05, 3.63) is 83.2 Å². The molecule has 3 aromatic rings. The van der Waals surface area contributed by atoms with Crippen LogP contribution in [0.25, 0.3) is 0 Å². The molecule has 1 unspecified atom stereocenters. The molecule has 2 aromatic carbocycles. The SMILES string of the molecule is CC(NC(=O)[C@]1(c2ccccc2)CC[C@@H](n2ccnn2)CC1)c1cc(C(F)(F)F)cc(C(F)(F)F)c1. The summed E-state index contributed by atoms with van der Waals surface area (Å²) >= 11 is 0. The predicted molar refractivity (Wildman–Crippen MR) is 119 cm³/mol. The average molecular weight is 510 g/mol. The summed E-state index contributed by atoms with van der Waals surface area (Å²) in [5.41, 5.74) is -3.35. The van der Waals surface area contributed by atoms with Crippen molar-refractivity contribution in [2.45, 2.75) is 62.5 Å². The first-order chi connectivity index (χ1) is 16.9. The van der Waals surface area contributed by atoms with Crippen LogP contribution in [0.1, 0.15) is 66.9 Å². The number of amides is 1. The molecular formula is C25H24F6N4O. The Morgan fingerprint density at radius 1 is 1.00 bits per heavy atom. The van der Waals surface area contributed by atoms with Gasteiger partial charge in [-0.05, 0) is 61.9 Å². The maximum absolute atomic E-state index is 13.7. The molecule has 11 heteroatoms. The lowest BCUT2D eigenvalue weighted by Crippen LogP contribution is -2.47. The van der Waals surface area contributed by atoms with E-state index in [1.54, 1.807) is 35.3 Å². The third-order valence-corrected chi connectivity index (χ3v) is 6.84. The van der Waals surface area contributed by atoms with E-state index >= 15 is 0 Å². The van der Waals surface area contributed by atoms with Gasteiger partial charge in [-0.1, -0.05) is 35.5 Å². The predicted octanol–water partition coefficient (Wildman–Crippen LogP) is 6.25. The zero-order valence-corrected chi connectivity index (χ0v) is 19.3. The highest BCUT2D eigenvalue weighted by atomic mass is 19.4. The van der Waals surface area contributed by atoms with E-state index < -0.39 is 40.8 Å². The molecule has 1 aliphatic rings. The Morgan fingerprint density at radius 2 is 1.58 bits per heavy atom. The zero-order valence-electron chi connectivity index (χ0n) is 19.3. The second kappa shape index (κ2) is 9.59. The molecule has 36 heavy (non-hydrogen) atoms. The van der Waals surface area contributed by atoms with Gasteiger partial charge in [-0.15, -0.1) is 5.10 Å². The maximum Gasteiger partial charge on any atom is 0.416 e. The Balaban J connectivity index is 1.63. The number of alkyl halides is 6. The van der Waals surface area contributed by atoms with Gasteiger partial charge in [-0.25, -0.2) is 4.68 Å². The summed E-state index contributed by atoms with van der Waals surface area (Å²) in [7, 11) is 0. The Morgan fingerprint density at radius 3 is 2.08 bits per heavy atom. The van der Waals surface area contributed by atoms with Crippen LogP contribution in [-0.4, -0.2) is 20.9 Å². The van der Waals surface area contributed by atoms with Gasteiger partial charge in [0.1, 0.15) is 0 Å². The average Bonchev–Trinajstić information content (AvgIpc) is 3.38. The molecule has 1 N–H and O–H groups in total. The lowest BCUT2D eigenvalue weighted by molar-refractivity contribution is -0.143. The number of hydrogen-bond acceptors (Lipinski definition) is 3. The minimum atomic E-state index is -4.97. The van der Waals surface area contributed by atoms with E-state index in [1.165, 1.54) is 6.92 Å². The monoisotopic (exact) mass is 510 g/mol. The van der Waals surface area contributed by atoms with Gasteiger partial charge in [0.2, 0.25) is 5.91 Å². The fraction of sp³-hybridized carbons (Fsp3) is 0.400. The van der Waals surface area contributed by atoms with E-state index in [9.17, 15) is 31.1 Å². The number of benzene rings is 2. The molecule has 1 aromatic heterocycles. The lowest BCUT2D eigenvalue weighted by Gasteiger charge is -2.40. The number of nitrogens with one attached hydrogen (secondary N) is 1. The zero-order chi connectivity index (χ0) is 26.1. The van der Waals surface area contributed by atoms with Crippen LogP contribution in [0.5, 0.6) is 0 Å². The molecule has 1 fully saturated rings. The Hall–Kier alpha value is -3.37. The summed E-state index contributed by atoms with van der Waals surface area (Å²) in [4.78, 5) is 13.7. The molecule has 1 aliphatic carbocycles. The number of carbonyl (C=O) groups is 1. The first kappa shape index (κ1) is 25.7. The minimum absolute atomic E-state index is 0.0346. The summed E-state index contributed by atoms with van der Waals surface area (Å²) in [6.07, 6.45) is -4.57. The van der Waals surface area contributed by atoms with Crippen molar-refractivity contribution in [3.8, 4) is 0 Å². The third-order valence-electron chi connectivity index (χ3n) is 6.84. The van der Waals surface area contributed by atoms with Crippen LogP contribution in [-0.2, 0) is 22.6 Å². The van der Waals surface area contributed by atoms with Gasteiger partial charge in [0, 0.05) is 6.20 Å². The minimum Gasteiger partial charge on any atom is -0.349 e. The number of hydrogen-bond donors (Lipinski definition) is 1. The Bertz CT molecular complexity index is 1150. The molecule has 0 radical (unpaired) electrons. The molecular weight excluding hydrogens is 486 g/mol. The summed E-state index contributed by atoms with van der Waals surface area (Å²) in [5, 5.41) is 10.6. The molecule has 0 bridgehead atoms. The fourth-order valence-corrected chi connectivity index (χ4v) is 4.82. The molecule has 4 rings (SSSR count). The normalized spacial score (nSPS) is 21.7. The van der Waals surface area contributed by atoms with Crippen molar-refractivity contribution >= 4 is 5.91 Å². The van der Waals surface area contributed by atoms with Crippen LogP contribution in [0.4, 0.5) is 26.3 Å². The molecule has 5 nitrogen and oxygen atoms in total. The third kappa shape index (κ3) is 5.24. The largest absolute Gasteiger partial charge is 0.416 e. The topological polar surface area (TPSA) is 59.8 Å². The second-order valence-corrected chi connectivity index (χ2v) is 9.10. The summed E-state index contributed by atoms with van der Waals surface area (Å²) in [6, 6.07) is 9.34. The summed E-state index contributed by atoms with van der Waals surface area (Å²) in [5.74, 6) is -0.441. The number of rotatable bonds is 5. The molecule has 0 aliphatic heterocycles. The number of halogens is 6. The number of carbonyl (C=O) groups excluding carboxylic acids is 1. The van der Waals surface area contributed by atoms with Gasteiger partial charge in [0.05, 0.1) is 34.8 Å². The smallest absolute Gasteiger partial charge is 0.349 e. The van der Waals surface area contributed by atoms with E-state index in [0.29, 0.717) is 37.8 Å². The van der Waals surface area contributed by atoms with Gasteiger partial charge in [-0.3, -0.25) is 4.79 Å². The Labute approximate surface area is 203 Å². The van der Waals surface area contributed by atoms with Crippen LogP contribution in [0.2, 0.25) is 0 Å². The fourth-order valence-electron chi connectivity index (χ4n) is 4.82. The van der Waals surface area contributed by atoms with Crippen molar-refractivity contribution in [1.82, 2.24) is 20.3 Å². The van der Waals surface area contributed by atoms with Crippen molar-refractivity contribution < 1.29 is 31.1 Å². The standard InChI is InChI=1S/C25H24F6N4O/c1-16(17-13-19(24(26,27)28)15-20(14-17)25(29,30)31)33-22(36)23(18-5-3-2-4-6-18)9-7-21(8-10-23)35-12-11-32-34-35/h2-6,11-16,21H,7-10H2,1H3,(H,33,36)/t16?,21-,23-. The van der Waals surface area contributed by atoms with E-state index in [2.05, 4.69) is 15.6 Å². The first-order valence-electron chi connectivity index (χ1n) is 11.4. The Kier molecular flexibility index (Phi) is 6.85. The first-order valence-corrected chi connectivity index (χ1v) is 11.4. The lowest BCUT2D eigenvalue weighted by atomic mass is 9.67. The van der Waals surface area contributed by atoms with Gasteiger partial charge >= 0.3 is 12.4 Å². The molecule has 1 atom stereocenters. The molecule has 1 heterocycles.